The van der Waals surface area contributed by atoms with Crippen LogP contribution in [0.3, 0.4) is 0 Å². The van der Waals surface area contributed by atoms with Crippen molar-refractivity contribution in [3.05, 3.63) is 28.8 Å². The van der Waals surface area contributed by atoms with Crippen molar-refractivity contribution in [1.29, 1.82) is 0 Å². The van der Waals surface area contributed by atoms with Gasteiger partial charge in [-0.05, 0) is 23.5 Å². The smallest absolute Gasteiger partial charge is 0.153 e. The maximum Gasteiger partial charge on any atom is 0.153 e. The highest BCUT2D eigenvalue weighted by molar-refractivity contribution is 5.80. The largest absolute Gasteiger partial charge is 0.507 e. The Kier molecular flexibility index (Phi) is 4.29. The number of phenolic OH excluding ortho intramolecular Hbond substituents is 1. The van der Waals surface area contributed by atoms with E-state index in [1.165, 1.54) is 0 Å². The van der Waals surface area contributed by atoms with Crippen LogP contribution in [-0.4, -0.2) is 25.1 Å². The lowest BCUT2D eigenvalue weighted by atomic mass is 9.84. The van der Waals surface area contributed by atoms with Gasteiger partial charge in [0.05, 0.1) is 12.2 Å². The molecule has 0 unspecified atom stereocenters. The van der Waals surface area contributed by atoms with Crippen LogP contribution in [0.2, 0.25) is 0 Å². The highest BCUT2D eigenvalue weighted by atomic mass is 16.5. The average molecular weight is 236 g/mol. The van der Waals surface area contributed by atoms with Gasteiger partial charge in [-0.3, -0.25) is 4.79 Å². The van der Waals surface area contributed by atoms with Gasteiger partial charge in [0, 0.05) is 12.7 Å². The summed E-state index contributed by atoms with van der Waals surface area (Å²) in [6.45, 7) is 6.64. The first-order chi connectivity index (χ1) is 7.90. The van der Waals surface area contributed by atoms with E-state index < -0.39 is 0 Å². The minimum atomic E-state index is -0.190. The van der Waals surface area contributed by atoms with E-state index in [-0.39, 0.29) is 11.2 Å². The number of phenols is 1. The van der Waals surface area contributed by atoms with Crippen LogP contribution < -0.4 is 0 Å². The first-order valence-corrected chi connectivity index (χ1v) is 5.70. The zero-order valence-electron chi connectivity index (χ0n) is 10.9. The molecule has 0 spiro atoms. The molecule has 94 valence electrons. The molecule has 1 aromatic carbocycles. The topological polar surface area (TPSA) is 46.5 Å². The van der Waals surface area contributed by atoms with Crippen molar-refractivity contribution in [1.82, 2.24) is 0 Å². The average Bonchev–Trinajstić information content (AvgIpc) is 2.26. The van der Waals surface area contributed by atoms with E-state index >= 15 is 0 Å². The number of aromatic hydroxyl groups is 1. The van der Waals surface area contributed by atoms with Crippen LogP contribution in [0.1, 0.15) is 42.3 Å². The molecule has 0 radical (unpaired) electrons. The van der Waals surface area contributed by atoms with E-state index in [4.69, 9.17) is 4.74 Å². The SMILES string of the molecule is COCCc1cc(C=O)c(O)c(C(C)(C)C)c1. The Labute approximate surface area is 102 Å². The second-order valence-corrected chi connectivity index (χ2v) is 5.19. The molecule has 0 fully saturated rings. The quantitative estimate of drug-likeness (QED) is 0.817. The molecule has 0 bridgehead atoms. The van der Waals surface area contributed by atoms with Crippen molar-refractivity contribution in [3.63, 3.8) is 0 Å². The lowest BCUT2D eigenvalue weighted by Gasteiger charge is -2.22. The summed E-state index contributed by atoms with van der Waals surface area (Å²) in [4.78, 5) is 10.9. The van der Waals surface area contributed by atoms with E-state index in [0.717, 1.165) is 17.5 Å². The Morgan fingerprint density at radius 3 is 2.47 bits per heavy atom. The van der Waals surface area contributed by atoms with Crippen LogP contribution in [0.4, 0.5) is 0 Å². The summed E-state index contributed by atoms with van der Waals surface area (Å²) in [5.74, 6) is 0.0914. The van der Waals surface area contributed by atoms with Gasteiger partial charge in [-0.1, -0.05) is 26.8 Å². The fraction of sp³-hybridized carbons (Fsp3) is 0.500. The maximum atomic E-state index is 10.9. The van der Waals surface area contributed by atoms with Crippen molar-refractivity contribution in [2.45, 2.75) is 32.6 Å². The minimum absolute atomic E-state index is 0.0914. The Balaban J connectivity index is 3.24. The number of aldehydes is 1. The second kappa shape index (κ2) is 5.32. The van der Waals surface area contributed by atoms with Gasteiger partial charge in [-0.15, -0.1) is 0 Å². The van der Waals surface area contributed by atoms with Gasteiger partial charge in [0.25, 0.3) is 0 Å². The predicted molar refractivity (Wildman–Crippen MR) is 67.8 cm³/mol. The van der Waals surface area contributed by atoms with Crippen molar-refractivity contribution in [2.24, 2.45) is 0 Å². The Bertz CT molecular complexity index is 403. The van der Waals surface area contributed by atoms with Gasteiger partial charge < -0.3 is 9.84 Å². The van der Waals surface area contributed by atoms with Gasteiger partial charge in [0.1, 0.15) is 5.75 Å². The molecule has 1 rings (SSSR count). The van der Waals surface area contributed by atoms with Gasteiger partial charge in [-0.25, -0.2) is 0 Å². The van der Waals surface area contributed by atoms with Crippen LogP contribution in [0.15, 0.2) is 12.1 Å². The lowest BCUT2D eigenvalue weighted by Crippen LogP contribution is -2.13. The highest BCUT2D eigenvalue weighted by Gasteiger charge is 2.21. The molecule has 0 aromatic heterocycles. The van der Waals surface area contributed by atoms with E-state index in [2.05, 4.69) is 0 Å². The highest BCUT2D eigenvalue weighted by Crippen LogP contribution is 2.33. The standard InChI is InChI=1S/C14H20O3/c1-14(2,3)12-8-10(5-6-17-4)7-11(9-15)13(12)16/h7-9,16H,5-6H2,1-4H3. The summed E-state index contributed by atoms with van der Waals surface area (Å²) in [6, 6.07) is 3.66. The van der Waals surface area contributed by atoms with Crippen LogP contribution in [0, 0.1) is 0 Å². The van der Waals surface area contributed by atoms with Gasteiger partial charge >= 0.3 is 0 Å². The molecule has 1 aromatic rings. The Morgan fingerprint density at radius 2 is 2.00 bits per heavy atom. The molecule has 0 saturated carbocycles. The monoisotopic (exact) mass is 236 g/mol. The third kappa shape index (κ3) is 3.30. The third-order valence-corrected chi connectivity index (χ3v) is 2.73. The Hall–Kier alpha value is -1.35. The van der Waals surface area contributed by atoms with Crippen LogP contribution in [-0.2, 0) is 16.6 Å². The number of ether oxygens (including phenoxy) is 1. The first kappa shape index (κ1) is 13.7. The molecule has 1 N–H and O–H groups in total. The number of carbonyl (C=O) groups is 1. The van der Waals surface area contributed by atoms with Gasteiger partial charge in [0.15, 0.2) is 6.29 Å². The summed E-state index contributed by atoms with van der Waals surface area (Å²) in [5.41, 5.74) is 1.97. The van der Waals surface area contributed by atoms with Crippen molar-refractivity contribution >= 4 is 6.29 Å². The summed E-state index contributed by atoms with van der Waals surface area (Å²) in [6.07, 6.45) is 1.43. The summed E-state index contributed by atoms with van der Waals surface area (Å²) in [5, 5.41) is 10.0. The second-order valence-electron chi connectivity index (χ2n) is 5.19. The molecule has 17 heavy (non-hydrogen) atoms. The van der Waals surface area contributed by atoms with Crippen molar-refractivity contribution in [2.75, 3.05) is 13.7 Å². The molecule has 0 saturated heterocycles. The number of carbonyl (C=O) groups excluding carboxylic acids is 1. The van der Waals surface area contributed by atoms with Crippen LogP contribution in [0.25, 0.3) is 0 Å². The summed E-state index contributed by atoms with van der Waals surface area (Å²) >= 11 is 0. The molecule has 0 aliphatic carbocycles. The number of hydrogen-bond donors (Lipinski definition) is 1. The predicted octanol–water partition coefficient (Wildman–Crippen LogP) is 2.69. The number of hydrogen-bond acceptors (Lipinski definition) is 3. The number of benzene rings is 1. The third-order valence-electron chi connectivity index (χ3n) is 2.73. The van der Waals surface area contributed by atoms with E-state index in [1.54, 1.807) is 13.2 Å². The fourth-order valence-corrected chi connectivity index (χ4v) is 1.74. The molecule has 0 aliphatic rings. The summed E-state index contributed by atoms with van der Waals surface area (Å²) in [7, 11) is 1.64. The van der Waals surface area contributed by atoms with Gasteiger partial charge in [-0.2, -0.15) is 0 Å². The summed E-state index contributed by atoms with van der Waals surface area (Å²) < 4.78 is 5.02. The van der Waals surface area contributed by atoms with E-state index in [0.29, 0.717) is 18.5 Å². The first-order valence-electron chi connectivity index (χ1n) is 5.70. The fourth-order valence-electron chi connectivity index (χ4n) is 1.74. The van der Waals surface area contributed by atoms with Crippen molar-refractivity contribution in [3.8, 4) is 5.75 Å². The van der Waals surface area contributed by atoms with E-state index in [9.17, 15) is 9.90 Å². The molecular formula is C14H20O3. The normalized spacial score (nSPS) is 11.5. The molecule has 0 aliphatic heterocycles. The molecule has 0 amide bonds. The van der Waals surface area contributed by atoms with E-state index in [1.807, 2.05) is 26.8 Å². The molecule has 0 heterocycles. The molecule has 3 nitrogen and oxygen atoms in total. The Morgan fingerprint density at radius 1 is 1.35 bits per heavy atom. The lowest BCUT2D eigenvalue weighted by molar-refractivity contribution is 0.112. The van der Waals surface area contributed by atoms with Crippen LogP contribution in [0.5, 0.6) is 5.75 Å². The molecular weight excluding hydrogens is 216 g/mol. The number of methoxy groups -OCH3 is 1. The zero-order chi connectivity index (χ0) is 13.1. The molecule has 0 atom stereocenters. The van der Waals surface area contributed by atoms with Gasteiger partial charge in [0.2, 0.25) is 0 Å². The maximum absolute atomic E-state index is 10.9. The minimum Gasteiger partial charge on any atom is -0.507 e. The van der Waals surface area contributed by atoms with Crippen LogP contribution >= 0.6 is 0 Å². The molecule has 3 heteroatoms. The van der Waals surface area contributed by atoms with Crippen molar-refractivity contribution < 1.29 is 14.6 Å². The number of rotatable bonds is 4. The zero-order valence-corrected chi connectivity index (χ0v) is 10.9.